The molecule has 1 atom stereocenters. The second kappa shape index (κ2) is 6.47. The predicted octanol–water partition coefficient (Wildman–Crippen LogP) is 3.16. The van der Waals surface area contributed by atoms with E-state index in [1.165, 1.54) is 6.07 Å². The Kier molecular flexibility index (Phi) is 4.51. The highest BCUT2D eigenvalue weighted by Crippen LogP contribution is 2.38. The maximum absolute atomic E-state index is 12.2. The van der Waals surface area contributed by atoms with Crippen molar-refractivity contribution < 1.29 is 14.5 Å². The summed E-state index contributed by atoms with van der Waals surface area (Å²) in [5, 5.41) is 9.01. The minimum absolute atomic E-state index is 0.0193. The van der Waals surface area contributed by atoms with Crippen LogP contribution in [0.4, 0.5) is 5.69 Å². The summed E-state index contributed by atoms with van der Waals surface area (Å²) in [4.78, 5) is 11.9. The van der Waals surface area contributed by atoms with E-state index in [0.717, 1.165) is 22.4 Å². The third kappa shape index (κ3) is 3.51. The molecule has 0 amide bonds. The molecule has 0 radical (unpaired) electrons. The van der Waals surface area contributed by atoms with Crippen LogP contribution < -0.4 is 5.73 Å². The lowest BCUT2D eigenvalue weighted by molar-refractivity contribution is 0.0698. The monoisotopic (exact) mass is 353 g/mol. The average molecular weight is 353 g/mol. The van der Waals surface area contributed by atoms with Crippen LogP contribution in [0.2, 0.25) is 0 Å². The lowest BCUT2D eigenvalue weighted by atomic mass is 9.81. The van der Waals surface area contributed by atoms with Gasteiger partial charge in [0.15, 0.2) is 4.90 Å². The zero-order valence-corrected chi connectivity index (χ0v) is 14.9. The van der Waals surface area contributed by atoms with Crippen molar-refractivity contribution in [2.45, 2.75) is 30.6 Å². The van der Waals surface area contributed by atoms with Crippen molar-refractivity contribution in [3.05, 3.63) is 58.7 Å². The third-order valence-electron chi connectivity index (χ3n) is 4.50. The second-order valence-corrected chi connectivity index (χ2v) is 8.29. The van der Waals surface area contributed by atoms with Gasteiger partial charge in [-0.3, -0.25) is 0 Å². The molecule has 0 aromatic heterocycles. The second-order valence-electron chi connectivity index (χ2n) is 6.75. The molecule has 1 aliphatic rings. The van der Waals surface area contributed by atoms with Crippen molar-refractivity contribution in [2.75, 3.05) is 11.5 Å². The van der Waals surface area contributed by atoms with Crippen LogP contribution >= 0.6 is 0 Å². The van der Waals surface area contributed by atoms with E-state index in [0.29, 0.717) is 11.3 Å². The van der Waals surface area contributed by atoms with E-state index in [1.807, 2.05) is 18.2 Å². The van der Waals surface area contributed by atoms with Crippen LogP contribution in [-0.2, 0) is 16.6 Å². The van der Waals surface area contributed by atoms with Gasteiger partial charge in [-0.1, -0.05) is 25.7 Å². The highest BCUT2D eigenvalue weighted by atomic mass is 32.2. The van der Waals surface area contributed by atoms with Gasteiger partial charge in [0.2, 0.25) is 0 Å². The van der Waals surface area contributed by atoms with Crippen LogP contribution in [0.15, 0.2) is 41.3 Å². The van der Waals surface area contributed by atoms with E-state index in [-0.39, 0.29) is 16.7 Å². The normalized spacial score (nSPS) is 18.0. The van der Waals surface area contributed by atoms with E-state index < -0.39 is 17.1 Å². The molecule has 5 heteroatoms. The Morgan fingerprint density at radius 3 is 2.48 bits per heavy atom. The molecule has 2 aromatic rings. The van der Waals surface area contributed by atoms with Crippen molar-refractivity contribution in [3.8, 4) is 11.8 Å². The Balaban J connectivity index is 1.94. The van der Waals surface area contributed by atoms with Crippen LogP contribution in [0.5, 0.6) is 0 Å². The molecule has 4 nitrogen and oxygen atoms in total. The van der Waals surface area contributed by atoms with Gasteiger partial charge in [-0.25, -0.2) is 4.79 Å². The van der Waals surface area contributed by atoms with Gasteiger partial charge in [0.25, 0.3) is 0 Å². The summed E-state index contributed by atoms with van der Waals surface area (Å²) < 4.78 is 12.2. The first-order valence-corrected chi connectivity index (χ1v) is 9.27. The number of nitrogen functional groups attached to an aromatic ring is 1. The van der Waals surface area contributed by atoms with E-state index in [2.05, 4.69) is 25.7 Å². The fourth-order valence-electron chi connectivity index (χ4n) is 2.91. The summed E-state index contributed by atoms with van der Waals surface area (Å²) in [6, 6.07) is 10.4. The van der Waals surface area contributed by atoms with Crippen molar-refractivity contribution in [2.24, 2.45) is 0 Å². The standard InChI is InChI=1S/C20H19NO3S/c1-20(2)9-10-25(24)18-8-6-13(11-16(18)20)3-4-14-5-7-15(19(22)23)17(21)12-14/h5-8,11-12H,9-10,21H2,1-2H3,(H,22,23). The van der Waals surface area contributed by atoms with Crippen LogP contribution in [0.25, 0.3) is 0 Å². The summed E-state index contributed by atoms with van der Waals surface area (Å²) in [6.45, 7) is 4.31. The summed E-state index contributed by atoms with van der Waals surface area (Å²) in [5.74, 6) is 5.74. The number of aromatic carboxylic acids is 1. The minimum atomic E-state index is -1.05. The molecule has 1 unspecified atom stereocenters. The van der Waals surface area contributed by atoms with Gasteiger partial charge in [0, 0.05) is 28.8 Å². The number of fused-ring (bicyclic) bond motifs is 1. The molecule has 0 saturated heterocycles. The Hall–Kier alpha value is -2.42. The van der Waals surface area contributed by atoms with Gasteiger partial charge in [0.1, 0.15) is 5.75 Å². The molecule has 1 aliphatic heterocycles. The Bertz CT molecular complexity index is 909. The van der Waals surface area contributed by atoms with Gasteiger partial charge in [-0.05, 0) is 53.0 Å². The summed E-state index contributed by atoms with van der Waals surface area (Å²) >= 11 is -0.941. The molecule has 3 N–H and O–H groups in total. The fraction of sp³-hybridized carbons (Fsp3) is 0.250. The van der Waals surface area contributed by atoms with Crippen LogP contribution in [0, 0.1) is 11.8 Å². The Morgan fingerprint density at radius 1 is 1.20 bits per heavy atom. The maximum Gasteiger partial charge on any atom is 0.337 e. The number of nitrogens with two attached hydrogens (primary N) is 1. The smallest absolute Gasteiger partial charge is 0.337 e. The summed E-state index contributed by atoms with van der Waals surface area (Å²) in [6.07, 6.45) is 0.886. The molecule has 128 valence electrons. The fourth-order valence-corrected chi connectivity index (χ4v) is 4.62. The largest absolute Gasteiger partial charge is 0.611 e. The lowest BCUT2D eigenvalue weighted by Crippen LogP contribution is -2.30. The molecule has 1 heterocycles. The minimum Gasteiger partial charge on any atom is -0.611 e. The first-order chi connectivity index (χ1) is 11.8. The number of carboxylic acids is 1. The van der Waals surface area contributed by atoms with Crippen LogP contribution in [0.3, 0.4) is 0 Å². The third-order valence-corrected chi connectivity index (χ3v) is 5.92. The molecule has 0 saturated carbocycles. The molecule has 25 heavy (non-hydrogen) atoms. The van der Waals surface area contributed by atoms with Crippen molar-refractivity contribution >= 4 is 22.8 Å². The highest BCUT2D eigenvalue weighted by Gasteiger charge is 2.35. The molecular formula is C20H19NO3S. The first kappa shape index (κ1) is 17.4. The zero-order valence-electron chi connectivity index (χ0n) is 14.1. The van der Waals surface area contributed by atoms with Gasteiger partial charge in [-0.15, -0.1) is 0 Å². The van der Waals surface area contributed by atoms with Crippen LogP contribution in [0.1, 0.15) is 47.3 Å². The van der Waals surface area contributed by atoms with Gasteiger partial charge >= 0.3 is 5.97 Å². The molecule has 0 spiro atoms. The number of rotatable bonds is 1. The molecular weight excluding hydrogens is 334 g/mol. The predicted molar refractivity (Wildman–Crippen MR) is 99.2 cm³/mol. The number of hydrogen-bond acceptors (Lipinski definition) is 3. The quantitative estimate of drug-likeness (QED) is 0.468. The van der Waals surface area contributed by atoms with Gasteiger partial charge in [-0.2, -0.15) is 0 Å². The number of carbonyl (C=O) groups is 1. The van der Waals surface area contributed by atoms with Crippen LogP contribution in [-0.4, -0.2) is 21.4 Å². The molecule has 2 aromatic carbocycles. The topological polar surface area (TPSA) is 86.4 Å². The van der Waals surface area contributed by atoms with Crippen molar-refractivity contribution in [1.82, 2.24) is 0 Å². The first-order valence-electron chi connectivity index (χ1n) is 7.96. The zero-order chi connectivity index (χ0) is 18.2. The van der Waals surface area contributed by atoms with E-state index in [4.69, 9.17) is 10.8 Å². The number of hydrogen-bond donors (Lipinski definition) is 2. The lowest BCUT2D eigenvalue weighted by Gasteiger charge is -2.32. The van der Waals surface area contributed by atoms with E-state index >= 15 is 0 Å². The molecule has 0 fully saturated rings. The SMILES string of the molecule is CC1(C)CC[S+]([O-])c2ccc(C#Cc3ccc(C(=O)O)c(N)c3)cc21. The molecule has 3 rings (SSSR count). The Morgan fingerprint density at radius 2 is 1.84 bits per heavy atom. The highest BCUT2D eigenvalue weighted by molar-refractivity contribution is 7.91. The molecule has 0 bridgehead atoms. The van der Waals surface area contributed by atoms with Gasteiger partial charge < -0.3 is 15.4 Å². The van der Waals surface area contributed by atoms with Crippen molar-refractivity contribution in [1.29, 1.82) is 0 Å². The summed E-state index contributed by atoms with van der Waals surface area (Å²) in [5.41, 5.74) is 8.58. The number of benzene rings is 2. The van der Waals surface area contributed by atoms with E-state index in [9.17, 15) is 9.35 Å². The van der Waals surface area contributed by atoms with Crippen molar-refractivity contribution in [3.63, 3.8) is 0 Å². The Labute approximate surface area is 150 Å². The number of carboxylic acid groups (broad SMARTS) is 1. The van der Waals surface area contributed by atoms with Gasteiger partial charge in [0.05, 0.1) is 5.56 Å². The number of anilines is 1. The summed E-state index contributed by atoms with van der Waals surface area (Å²) in [7, 11) is 0. The maximum atomic E-state index is 12.2. The average Bonchev–Trinajstić information content (AvgIpc) is 2.56. The molecule has 0 aliphatic carbocycles. The van der Waals surface area contributed by atoms with E-state index in [1.54, 1.807) is 12.1 Å².